The zero-order chi connectivity index (χ0) is 13.8. The second-order valence-corrected chi connectivity index (χ2v) is 4.57. The van der Waals surface area contributed by atoms with Crippen LogP contribution >= 0.6 is 0 Å². The molecular weight excluding hydrogens is 248 g/mol. The Hall–Kier alpha value is -1.82. The number of carbonyl (C=O) groups is 2. The third-order valence-corrected chi connectivity index (χ3v) is 3.24. The third kappa shape index (κ3) is 3.14. The van der Waals surface area contributed by atoms with E-state index in [-0.39, 0.29) is 18.6 Å². The Balaban J connectivity index is 2.10. The van der Waals surface area contributed by atoms with Crippen LogP contribution < -0.4 is 0 Å². The minimum absolute atomic E-state index is 0.0700. The first-order valence-electron chi connectivity index (χ1n) is 6.39. The van der Waals surface area contributed by atoms with E-state index >= 15 is 0 Å². The normalized spacial score (nSPS) is 19.4. The average Bonchev–Trinajstić information content (AvgIpc) is 2.85. The van der Waals surface area contributed by atoms with Crippen LogP contribution in [0.2, 0.25) is 0 Å². The van der Waals surface area contributed by atoms with Gasteiger partial charge < -0.3 is 19.3 Å². The fraction of sp³-hybridized carbons (Fsp3) is 0.538. The van der Waals surface area contributed by atoms with Crippen molar-refractivity contribution in [2.75, 3.05) is 19.7 Å². The van der Waals surface area contributed by atoms with E-state index in [1.54, 1.807) is 23.2 Å². The molecule has 6 heteroatoms. The minimum Gasteiger partial charge on any atom is -0.480 e. The van der Waals surface area contributed by atoms with E-state index < -0.39 is 5.97 Å². The van der Waals surface area contributed by atoms with Gasteiger partial charge in [0.15, 0.2) is 0 Å². The molecule has 1 aromatic heterocycles. The summed E-state index contributed by atoms with van der Waals surface area (Å²) in [7, 11) is 0. The summed E-state index contributed by atoms with van der Waals surface area (Å²) in [5, 5.41) is 8.82. The Morgan fingerprint density at radius 2 is 2.32 bits per heavy atom. The molecule has 2 rings (SSSR count). The van der Waals surface area contributed by atoms with Gasteiger partial charge in [0.25, 0.3) is 5.91 Å². The van der Waals surface area contributed by atoms with Crippen LogP contribution in [0.4, 0.5) is 0 Å². The Bertz CT molecular complexity index is 469. The van der Waals surface area contributed by atoms with E-state index in [0.29, 0.717) is 25.4 Å². The Labute approximate surface area is 111 Å². The van der Waals surface area contributed by atoms with Gasteiger partial charge in [-0.2, -0.15) is 0 Å². The van der Waals surface area contributed by atoms with E-state index in [9.17, 15) is 9.59 Å². The van der Waals surface area contributed by atoms with Crippen molar-refractivity contribution in [1.82, 2.24) is 9.47 Å². The molecule has 1 aliphatic rings. The minimum atomic E-state index is -0.960. The van der Waals surface area contributed by atoms with Crippen molar-refractivity contribution in [2.24, 2.45) is 0 Å². The van der Waals surface area contributed by atoms with Crippen molar-refractivity contribution in [3.8, 4) is 0 Å². The smallest absolute Gasteiger partial charge is 0.323 e. The lowest BCUT2D eigenvalue weighted by molar-refractivity contribution is -0.137. The van der Waals surface area contributed by atoms with Crippen LogP contribution in [0.25, 0.3) is 0 Å². The van der Waals surface area contributed by atoms with Crippen molar-refractivity contribution in [1.29, 1.82) is 0 Å². The molecular formula is C13H18N2O4. The number of carboxylic acids is 1. The molecule has 1 atom stereocenters. The number of amides is 1. The third-order valence-electron chi connectivity index (χ3n) is 3.24. The molecule has 0 radical (unpaired) electrons. The molecule has 1 fully saturated rings. The molecule has 1 aliphatic heterocycles. The van der Waals surface area contributed by atoms with Gasteiger partial charge in [0.1, 0.15) is 12.2 Å². The SMILES string of the molecule is CCC1CN(C(=O)c2cccn2CC(=O)O)CCO1. The summed E-state index contributed by atoms with van der Waals surface area (Å²) in [5.74, 6) is -1.09. The number of aromatic nitrogens is 1. The van der Waals surface area contributed by atoms with Gasteiger partial charge in [-0.15, -0.1) is 0 Å². The monoisotopic (exact) mass is 266 g/mol. The molecule has 2 heterocycles. The maximum absolute atomic E-state index is 12.4. The average molecular weight is 266 g/mol. The van der Waals surface area contributed by atoms with Gasteiger partial charge >= 0.3 is 5.97 Å². The van der Waals surface area contributed by atoms with Crippen LogP contribution in [-0.4, -0.2) is 52.3 Å². The molecule has 1 amide bonds. The zero-order valence-electron chi connectivity index (χ0n) is 10.9. The number of nitrogens with zero attached hydrogens (tertiary/aromatic N) is 2. The van der Waals surface area contributed by atoms with Gasteiger partial charge in [-0.25, -0.2) is 0 Å². The molecule has 0 bridgehead atoms. The number of carboxylic acid groups (broad SMARTS) is 1. The number of hydrogen-bond acceptors (Lipinski definition) is 3. The Morgan fingerprint density at radius 3 is 3.00 bits per heavy atom. The van der Waals surface area contributed by atoms with Gasteiger partial charge in [0.2, 0.25) is 0 Å². The molecule has 0 spiro atoms. The van der Waals surface area contributed by atoms with E-state index in [1.807, 2.05) is 6.92 Å². The fourth-order valence-electron chi connectivity index (χ4n) is 2.20. The summed E-state index contributed by atoms with van der Waals surface area (Å²) in [6, 6.07) is 3.34. The van der Waals surface area contributed by atoms with Gasteiger partial charge in [-0.3, -0.25) is 9.59 Å². The largest absolute Gasteiger partial charge is 0.480 e. The lowest BCUT2D eigenvalue weighted by Gasteiger charge is -2.32. The molecule has 0 saturated carbocycles. The predicted octanol–water partition coefficient (Wildman–Crippen LogP) is 0.824. The van der Waals surface area contributed by atoms with Gasteiger partial charge in [0.05, 0.1) is 12.7 Å². The van der Waals surface area contributed by atoms with Crippen LogP contribution in [0, 0.1) is 0 Å². The van der Waals surface area contributed by atoms with Crippen LogP contribution in [0.3, 0.4) is 0 Å². The highest BCUT2D eigenvalue weighted by Crippen LogP contribution is 2.13. The summed E-state index contributed by atoms with van der Waals surface area (Å²) in [6.07, 6.45) is 2.54. The highest BCUT2D eigenvalue weighted by atomic mass is 16.5. The number of hydrogen-bond donors (Lipinski definition) is 1. The quantitative estimate of drug-likeness (QED) is 0.876. The summed E-state index contributed by atoms with van der Waals surface area (Å²) in [4.78, 5) is 24.9. The van der Waals surface area contributed by atoms with Crippen molar-refractivity contribution in [3.63, 3.8) is 0 Å². The van der Waals surface area contributed by atoms with Crippen LogP contribution in [0.5, 0.6) is 0 Å². The Kier molecular flexibility index (Phi) is 4.21. The topological polar surface area (TPSA) is 71.8 Å². The van der Waals surface area contributed by atoms with E-state index in [2.05, 4.69) is 0 Å². The highest BCUT2D eigenvalue weighted by Gasteiger charge is 2.25. The summed E-state index contributed by atoms with van der Waals surface area (Å²) in [6.45, 7) is 3.46. The first-order valence-corrected chi connectivity index (χ1v) is 6.39. The molecule has 6 nitrogen and oxygen atoms in total. The van der Waals surface area contributed by atoms with Crippen LogP contribution in [0.1, 0.15) is 23.8 Å². The number of carbonyl (C=O) groups excluding carboxylic acids is 1. The second-order valence-electron chi connectivity index (χ2n) is 4.57. The van der Waals surface area contributed by atoms with Crippen LogP contribution in [-0.2, 0) is 16.1 Å². The van der Waals surface area contributed by atoms with E-state index in [1.165, 1.54) is 4.57 Å². The maximum Gasteiger partial charge on any atom is 0.323 e. The molecule has 104 valence electrons. The maximum atomic E-state index is 12.4. The standard InChI is InChI=1S/C13H18N2O4/c1-2-10-8-15(6-7-19-10)13(18)11-4-3-5-14(11)9-12(16)17/h3-5,10H,2,6-9H2,1H3,(H,16,17). The summed E-state index contributed by atoms with van der Waals surface area (Å²) >= 11 is 0. The molecule has 1 unspecified atom stereocenters. The summed E-state index contributed by atoms with van der Waals surface area (Å²) in [5.41, 5.74) is 0.416. The molecule has 0 aromatic carbocycles. The first kappa shape index (κ1) is 13.6. The number of aliphatic carboxylic acids is 1. The van der Waals surface area contributed by atoms with Crippen molar-refractivity contribution < 1.29 is 19.4 Å². The van der Waals surface area contributed by atoms with Crippen LogP contribution in [0.15, 0.2) is 18.3 Å². The van der Waals surface area contributed by atoms with Gasteiger partial charge in [0, 0.05) is 19.3 Å². The second kappa shape index (κ2) is 5.88. The number of ether oxygens (including phenoxy) is 1. The first-order chi connectivity index (χ1) is 9.11. The Morgan fingerprint density at radius 1 is 1.53 bits per heavy atom. The molecule has 1 N–H and O–H groups in total. The van der Waals surface area contributed by atoms with Gasteiger partial charge in [-0.05, 0) is 18.6 Å². The van der Waals surface area contributed by atoms with E-state index in [0.717, 1.165) is 6.42 Å². The number of morpholine rings is 1. The molecule has 1 aromatic rings. The number of rotatable bonds is 4. The lowest BCUT2D eigenvalue weighted by Crippen LogP contribution is -2.46. The molecule has 1 saturated heterocycles. The zero-order valence-corrected chi connectivity index (χ0v) is 10.9. The molecule has 0 aliphatic carbocycles. The van der Waals surface area contributed by atoms with Crippen molar-refractivity contribution in [2.45, 2.75) is 26.0 Å². The molecule has 19 heavy (non-hydrogen) atoms. The van der Waals surface area contributed by atoms with E-state index in [4.69, 9.17) is 9.84 Å². The lowest BCUT2D eigenvalue weighted by atomic mass is 10.2. The van der Waals surface area contributed by atoms with Crippen molar-refractivity contribution >= 4 is 11.9 Å². The van der Waals surface area contributed by atoms with Gasteiger partial charge in [-0.1, -0.05) is 6.92 Å². The fourth-order valence-corrected chi connectivity index (χ4v) is 2.20. The highest BCUT2D eigenvalue weighted by molar-refractivity contribution is 5.93. The predicted molar refractivity (Wildman–Crippen MR) is 68.0 cm³/mol. The summed E-state index contributed by atoms with van der Waals surface area (Å²) < 4.78 is 6.98. The van der Waals surface area contributed by atoms with Crippen molar-refractivity contribution in [3.05, 3.63) is 24.0 Å².